The summed E-state index contributed by atoms with van der Waals surface area (Å²) in [6.07, 6.45) is 4.13. The molecule has 3 nitrogen and oxygen atoms in total. The van der Waals surface area contributed by atoms with Gasteiger partial charge in [-0.25, -0.2) is 4.99 Å². The normalized spacial score (nSPS) is 13.8. The van der Waals surface area contributed by atoms with Gasteiger partial charge in [0.15, 0.2) is 0 Å². The predicted octanol–water partition coefficient (Wildman–Crippen LogP) is 10.1. The van der Waals surface area contributed by atoms with Crippen LogP contribution in [0.15, 0.2) is 145 Å². The summed E-state index contributed by atoms with van der Waals surface area (Å²) in [7, 11) is 0. The van der Waals surface area contributed by atoms with Crippen molar-refractivity contribution >= 4 is 65.9 Å². The van der Waals surface area contributed by atoms with Gasteiger partial charge < -0.3 is 4.57 Å². The number of fused-ring (bicyclic) bond motifs is 7. The Morgan fingerprint density at radius 3 is 1.90 bits per heavy atom. The summed E-state index contributed by atoms with van der Waals surface area (Å²) < 4.78 is 4.83. The second-order valence-electron chi connectivity index (χ2n) is 11.1. The zero-order valence-corrected chi connectivity index (χ0v) is 23.0. The first-order valence-corrected chi connectivity index (χ1v) is 14.6. The van der Waals surface area contributed by atoms with Crippen LogP contribution in [0.1, 0.15) is 18.4 Å². The highest BCUT2D eigenvalue weighted by Crippen LogP contribution is 2.39. The molecule has 0 spiro atoms. The Morgan fingerprint density at radius 2 is 1.12 bits per heavy atom. The summed E-state index contributed by atoms with van der Waals surface area (Å²) in [6, 6.07) is 48.2. The summed E-state index contributed by atoms with van der Waals surface area (Å²) in [5.74, 6) is 1.09. The van der Waals surface area contributed by atoms with E-state index in [1.807, 2.05) is 0 Å². The van der Waals surface area contributed by atoms with Crippen LogP contribution in [0.3, 0.4) is 0 Å². The highest BCUT2D eigenvalue weighted by Gasteiger charge is 2.21. The Balaban J connectivity index is 1.36. The number of hydrogen-bond donors (Lipinski definition) is 0. The number of aromatic nitrogens is 2. The quantitative estimate of drug-likeness (QED) is 0.209. The van der Waals surface area contributed by atoms with E-state index < -0.39 is 0 Å². The zero-order valence-electron chi connectivity index (χ0n) is 23.0. The molecule has 0 radical (unpaired) electrons. The topological polar surface area (TPSA) is 22.2 Å². The molecule has 9 rings (SSSR count). The first-order valence-electron chi connectivity index (χ1n) is 14.6. The van der Waals surface area contributed by atoms with Crippen molar-refractivity contribution in [3.8, 4) is 5.69 Å². The first kappa shape index (κ1) is 23.3. The molecule has 0 fully saturated rings. The van der Waals surface area contributed by atoms with E-state index in [-0.39, 0.29) is 0 Å². The first-order chi connectivity index (χ1) is 20.8. The lowest BCUT2D eigenvalue weighted by atomic mass is 10.1. The molecule has 0 saturated heterocycles. The minimum atomic E-state index is 0.899. The lowest BCUT2D eigenvalue weighted by Gasteiger charge is -2.16. The molecule has 3 heterocycles. The average molecular weight is 538 g/mol. The number of allylic oxidation sites excluding steroid dienone is 1. The van der Waals surface area contributed by atoms with E-state index in [0.29, 0.717) is 0 Å². The Hall–Kier alpha value is -5.41. The minimum Gasteiger partial charge on any atom is -0.309 e. The fourth-order valence-electron chi connectivity index (χ4n) is 6.83. The Morgan fingerprint density at radius 1 is 0.476 bits per heavy atom. The molecule has 0 atom stereocenters. The summed E-state index contributed by atoms with van der Waals surface area (Å²) in [6.45, 7) is 0. The molecule has 0 unspecified atom stereocenters. The van der Waals surface area contributed by atoms with Crippen LogP contribution < -0.4 is 0 Å². The maximum absolute atomic E-state index is 5.27. The summed E-state index contributed by atoms with van der Waals surface area (Å²) in [5.41, 5.74) is 8.21. The largest absolute Gasteiger partial charge is 0.309 e. The number of rotatable bonds is 2. The molecule has 1 aliphatic rings. The van der Waals surface area contributed by atoms with Gasteiger partial charge in [0.05, 0.1) is 27.8 Å². The minimum absolute atomic E-state index is 0.899. The monoisotopic (exact) mass is 537 g/mol. The van der Waals surface area contributed by atoms with Gasteiger partial charge >= 0.3 is 0 Å². The van der Waals surface area contributed by atoms with E-state index in [1.54, 1.807) is 0 Å². The number of hydrogen-bond acceptors (Lipinski definition) is 1. The molecular weight excluding hydrogens is 510 g/mol. The maximum Gasteiger partial charge on any atom is 0.114 e. The fourth-order valence-corrected chi connectivity index (χ4v) is 6.83. The lowest BCUT2D eigenvalue weighted by molar-refractivity contribution is 1.01. The molecular formula is C39H27N3. The van der Waals surface area contributed by atoms with Crippen molar-refractivity contribution in [1.82, 2.24) is 9.13 Å². The van der Waals surface area contributed by atoms with Crippen molar-refractivity contribution in [3.05, 3.63) is 145 Å². The van der Waals surface area contributed by atoms with Gasteiger partial charge in [0.2, 0.25) is 0 Å². The van der Waals surface area contributed by atoms with Gasteiger partial charge in [0.1, 0.15) is 5.84 Å². The van der Waals surface area contributed by atoms with Crippen LogP contribution in [0.4, 0.5) is 0 Å². The predicted molar refractivity (Wildman–Crippen MR) is 178 cm³/mol. The van der Waals surface area contributed by atoms with Gasteiger partial charge in [-0.2, -0.15) is 0 Å². The highest BCUT2D eigenvalue weighted by molar-refractivity contribution is 6.21. The van der Waals surface area contributed by atoms with E-state index >= 15 is 0 Å². The molecule has 0 saturated carbocycles. The van der Waals surface area contributed by atoms with Crippen LogP contribution in [0, 0.1) is 0 Å². The Kier molecular flexibility index (Phi) is 5.02. The Labute approximate surface area is 243 Å². The van der Waals surface area contributed by atoms with Gasteiger partial charge in [0, 0.05) is 33.7 Å². The molecule has 0 bridgehead atoms. The van der Waals surface area contributed by atoms with E-state index in [4.69, 9.17) is 4.99 Å². The van der Waals surface area contributed by atoms with Crippen LogP contribution in [-0.4, -0.2) is 15.0 Å². The van der Waals surface area contributed by atoms with Gasteiger partial charge in [0.25, 0.3) is 0 Å². The molecule has 3 heteroatoms. The van der Waals surface area contributed by atoms with Gasteiger partial charge in [-0.05, 0) is 59.2 Å². The third kappa shape index (κ3) is 3.44. The molecule has 8 aromatic rings. The van der Waals surface area contributed by atoms with Crippen LogP contribution in [0.25, 0.3) is 65.8 Å². The van der Waals surface area contributed by atoms with Crippen molar-refractivity contribution in [3.63, 3.8) is 0 Å². The van der Waals surface area contributed by atoms with Gasteiger partial charge in [-0.1, -0.05) is 103 Å². The van der Waals surface area contributed by atoms with Crippen molar-refractivity contribution in [1.29, 1.82) is 0 Å². The van der Waals surface area contributed by atoms with E-state index in [0.717, 1.165) is 29.9 Å². The number of para-hydroxylation sites is 2. The van der Waals surface area contributed by atoms with Crippen LogP contribution >= 0.6 is 0 Å². The average Bonchev–Trinajstić information content (AvgIpc) is 3.56. The van der Waals surface area contributed by atoms with Crippen LogP contribution in [0.5, 0.6) is 0 Å². The molecule has 2 aromatic heterocycles. The van der Waals surface area contributed by atoms with Crippen molar-refractivity contribution in [2.24, 2.45) is 4.99 Å². The molecule has 0 amide bonds. The van der Waals surface area contributed by atoms with Crippen molar-refractivity contribution in [2.45, 2.75) is 12.8 Å². The summed E-state index contributed by atoms with van der Waals surface area (Å²) in [5, 5.41) is 7.55. The van der Waals surface area contributed by atoms with Crippen molar-refractivity contribution < 1.29 is 0 Å². The third-order valence-corrected chi connectivity index (χ3v) is 8.74. The highest BCUT2D eigenvalue weighted by atomic mass is 15.1. The van der Waals surface area contributed by atoms with E-state index in [2.05, 4.69) is 149 Å². The summed E-state index contributed by atoms with van der Waals surface area (Å²) in [4.78, 5) is 5.27. The van der Waals surface area contributed by atoms with Crippen LogP contribution in [-0.2, 0) is 0 Å². The van der Waals surface area contributed by atoms with Gasteiger partial charge in [-0.3, -0.25) is 4.57 Å². The molecule has 42 heavy (non-hydrogen) atoms. The molecule has 6 aromatic carbocycles. The number of benzene rings is 6. The van der Waals surface area contributed by atoms with E-state index in [1.165, 1.54) is 60.1 Å². The molecule has 198 valence electrons. The summed E-state index contributed by atoms with van der Waals surface area (Å²) >= 11 is 0. The second kappa shape index (κ2) is 9.05. The van der Waals surface area contributed by atoms with Crippen molar-refractivity contribution in [2.75, 3.05) is 0 Å². The molecule has 0 N–H and O–H groups in total. The smallest absolute Gasteiger partial charge is 0.114 e. The molecule has 1 aliphatic heterocycles. The van der Waals surface area contributed by atoms with Crippen LogP contribution in [0.2, 0.25) is 0 Å². The standard InChI is InChI=1S/C39H27N3/c1-2-12-27(13-3-1)34-17-10-20-39(40-34)42-36-19-9-7-16-31(36)33-24-32-30-15-6-8-18-35(30)41(37(32)25-38(33)42)29-22-21-26-11-4-5-14-28(26)23-29/h1-9,11-19,21-25H,10,20H2. The SMILES string of the molecule is C1=C(c2ccccc2)N=C(n2c3ccccc3c3cc4c5ccccc5n(-c5ccc6ccccc6c5)c4cc32)CC1. The fraction of sp³-hybridized carbons (Fsp3) is 0.0513. The van der Waals surface area contributed by atoms with Gasteiger partial charge in [-0.15, -0.1) is 0 Å². The number of nitrogens with zero attached hydrogens (tertiary/aromatic N) is 3. The zero-order chi connectivity index (χ0) is 27.6. The molecule has 0 aliphatic carbocycles. The lowest BCUT2D eigenvalue weighted by Crippen LogP contribution is -2.14. The second-order valence-corrected chi connectivity index (χ2v) is 11.1. The third-order valence-electron chi connectivity index (χ3n) is 8.74. The Bertz CT molecular complexity index is 2400. The maximum atomic E-state index is 5.27. The number of aliphatic imine (C=N–C) groups is 1. The van der Waals surface area contributed by atoms with E-state index in [9.17, 15) is 0 Å².